The summed E-state index contributed by atoms with van der Waals surface area (Å²) < 4.78 is 35.5. The van der Waals surface area contributed by atoms with E-state index < -0.39 is 33.3 Å². The lowest BCUT2D eigenvalue weighted by Gasteiger charge is -2.07. The maximum Gasteiger partial charge on any atom is 0.338 e. The first-order chi connectivity index (χ1) is 12.9. The van der Waals surface area contributed by atoms with E-state index in [1.54, 1.807) is 26.0 Å². The van der Waals surface area contributed by atoms with Gasteiger partial charge in [-0.05, 0) is 44.0 Å². The van der Waals surface area contributed by atoms with Crippen LogP contribution >= 0.6 is 0 Å². The van der Waals surface area contributed by atoms with Crippen molar-refractivity contribution in [3.63, 3.8) is 0 Å². The number of benzene rings is 2. The van der Waals surface area contributed by atoms with E-state index in [2.05, 4.69) is 11.3 Å². The molecule has 0 spiro atoms. The van der Waals surface area contributed by atoms with E-state index in [9.17, 15) is 13.2 Å². The molecule has 28 heavy (non-hydrogen) atoms. The fraction of sp³-hybridized carbons (Fsp3) is 0.211. The molecule has 2 aromatic rings. The van der Waals surface area contributed by atoms with Gasteiger partial charge < -0.3 is 20.1 Å². The first-order valence-electron chi connectivity index (χ1n) is 7.96. The van der Waals surface area contributed by atoms with E-state index in [-0.39, 0.29) is 17.1 Å². The summed E-state index contributed by atoms with van der Waals surface area (Å²) >= 11 is 0. The summed E-state index contributed by atoms with van der Waals surface area (Å²) in [4.78, 5) is 11.3. The smallest absolute Gasteiger partial charge is 0.338 e. The zero-order chi connectivity index (χ0) is 21.6. The molecule has 152 valence electrons. The summed E-state index contributed by atoms with van der Waals surface area (Å²) in [7, 11) is -4.08. The van der Waals surface area contributed by atoms with E-state index >= 15 is 0 Å². The van der Waals surface area contributed by atoms with Gasteiger partial charge in [0.15, 0.2) is 17.2 Å². The van der Waals surface area contributed by atoms with Crippen LogP contribution in [0, 0.1) is 20.8 Å². The first kappa shape index (κ1) is 23.0. The molecule has 9 heteroatoms. The number of rotatable bonds is 4. The number of hydrogen-bond donors (Lipinski definition) is 4. The highest BCUT2D eigenvalue weighted by molar-refractivity contribution is 7.86. The van der Waals surface area contributed by atoms with Gasteiger partial charge in [0.25, 0.3) is 10.1 Å². The molecule has 0 unspecified atom stereocenters. The minimum atomic E-state index is -4.08. The Bertz CT molecular complexity index is 947. The Kier molecular flexibility index (Phi) is 7.60. The number of aromatic hydroxyl groups is 3. The van der Waals surface area contributed by atoms with Crippen LogP contribution in [0.2, 0.25) is 0 Å². The topological polar surface area (TPSA) is 141 Å². The van der Waals surface area contributed by atoms with Gasteiger partial charge in [0, 0.05) is 0 Å². The van der Waals surface area contributed by atoms with Crippen LogP contribution in [-0.2, 0) is 14.9 Å². The predicted molar refractivity (Wildman–Crippen MR) is 102 cm³/mol. The van der Waals surface area contributed by atoms with Crippen LogP contribution < -0.4 is 0 Å². The van der Waals surface area contributed by atoms with Crippen molar-refractivity contribution in [2.45, 2.75) is 25.7 Å². The monoisotopic (exact) mass is 410 g/mol. The lowest BCUT2D eigenvalue weighted by molar-refractivity contribution is 0.0548. The Morgan fingerprint density at radius 2 is 1.50 bits per heavy atom. The molecule has 2 aromatic carbocycles. The average Bonchev–Trinajstić information content (AvgIpc) is 2.55. The maximum atomic E-state index is 11.2. The Labute approximate surface area is 163 Å². The number of carbonyl (C=O) groups is 1. The van der Waals surface area contributed by atoms with E-state index in [1.165, 1.54) is 6.08 Å². The molecule has 0 aliphatic carbocycles. The molecule has 8 nitrogen and oxygen atoms in total. The Morgan fingerprint density at radius 1 is 1.04 bits per heavy atom. The zero-order valence-corrected chi connectivity index (χ0v) is 16.4. The van der Waals surface area contributed by atoms with Crippen molar-refractivity contribution in [3.05, 3.63) is 59.2 Å². The molecule has 0 bridgehead atoms. The van der Waals surface area contributed by atoms with Crippen LogP contribution in [0.5, 0.6) is 17.2 Å². The minimum Gasteiger partial charge on any atom is -0.504 e. The summed E-state index contributed by atoms with van der Waals surface area (Å²) in [6.45, 7) is 8.61. The molecule has 0 aliphatic rings. The lowest BCUT2D eigenvalue weighted by atomic mass is 10.1. The second-order valence-corrected chi connectivity index (χ2v) is 7.31. The van der Waals surface area contributed by atoms with Crippen LogP contribution in [0.1, 0.15) is 27.0 Å². The second-order valence-electron chi connectivity index (χ2n) is 5.95. The highest BCUT2D eigenvalue weighted by Gasteiger charge is 2.16. The number of phenolic OH excluding ortho intramolecular Hbond substituents is 3. The van der Waals surface area contributed by atoms with E-state index in [1.807, 2.05) is 6.92 Å². The quantitative estimate of drug-likeness (QED) is 0.261. The third-order valence-electron chi connectivity index (χ3n) is 3.50. The SMILES string of the molecule is C=CCOC(=O)c1cc(O)c(O)c(O)c1.Cc1cc(C)c(S(=O)(=O)O)c(C)c1. The van der Waals surface area contributed by atoms with Gasteiger partial charge in [-0.2, -0.15) is 8.42 Å². The fourth-order valence-corrected chi connectivity index (χ4v) is 3.45. The molecule has 0 saturated heterocycles. The van der Waals surface area contributed by atoms with Gasteiger partial charge in [0.2, 0.25) is 0 Å². The van der Waals surface area contributed by atoms with Crippen LogP contribution in [0.3, 0.4) is 0 Å². The largest absolute Gasteiger partial charge is 0.504 e. The minimum absolute atomic E-state index is 0.0260. The van der Waals surface area contributed by atoms with Crippen molar-refractivity contribution in [2.24, 2.45) is 0 Å². The van der Waals surface area contributed by atoms with Crippen LogP contribution in [0.25, 0.3) is 0 Å². The summed E-state index contributed by atoms with van der Waals surface area (Å²) in [5, 5.41) is 27.3. The Morgan fingerprint density at radius 3 is 1.89 bits per heavy atom. The fourth-order valence-electron chi connectivity index (χ4n) is 2.51. The van der Waals surface area contributed by atoms with Crippen molar-refractivity contribution < 1.29 is 37.8 Å². The molecular formula is C19H22O8S. The predicted octanol–water partition coefficient (Wildman–Crippen LogP) is 3.00. The number of esters is 1. The molecule has 0 aliphatic heterocycles. The van der Waals surface area contributed by atoms with Crippen molar-refractivity contribution in [2.75, 3.05) is 6.61 Å². The van der Waals surface area contributed by atoms with Crippen molar-refractivity contribution in [1.82, 2.24) is 0 Å². The van der Waals surface area contributed by atoms with Gasteiger partial charge in [-0.25, -0.2) is 4.79 Å². The number of hydrogen-bond acceptors (Lipinski definition) is 7. The molecular weight excluding hydrogens is 388 g/mol. The molecule has 0 fully saturated rings. The van der Waals surface area contributed by atoms with Gasteiger partial charge in [0.1, 0.15) is 6.61 Å². The summed E-state index contributed by atoms with van der Waals surface area (Å²) in [6.07, 6.45) is 1.39. The van der Waals surface area contributed by atoms with Crippen molar-refractivity contribution in [3.8, 4) is 17.2 Å². The van der Waals surface area contributed by atoms with Crippen molar-refractivity contribution in [1.29, 1.82) is 0 Å². The molecule has 0 aromatic heterocycles. The van der Waals surface area contributed by atoms with E-state index in [0.29, 0.717) is 11.1 Å². The second kappa shape index (κ2) is 9.25. The van der Waals surface area contributed by atoms with Gasteiger partial charge in [-0.1, -0.05) is 30.4 Å². The highest BCUT2D eigenvalue weighted by atomic mass is 32.2. The normalized spacial score (nSPS) is 10.6. The highest BCUT2D eigenvalue weighted by Crippen LogP contribution is 2.35. The number of phenols is 3. The maximum absolute atomic E-state index is 11.2. The molecule has 2 rings (SSSR count). The van der Waals surface area contributed by atoms with Gasteiger partial charge in [-0.15, -0.1) is 0 Å². The number of aryl methyl sites for hydroxylation is 3. The van der Waals surface area contributed by atoms with Crippen molar-refractivity contribution >= 4 is 16.1 Å². The average molecular weight is 410 g/mol. The number of carbonyl (C=O) groups excluding carboxylic acids is 1. The third-order valence-corrected chi connectivity index (χ3v) is 4.66. The molecule has 0 atom stereocenters. The summed E-state index contributed by atoms with van der Waals surface area (Å²) in [5.41, 5.74) is 2.10. The Hall–Kier alpha value is -3.04. The Balaban J connectivity index is 0.000000283. The van der Waals surface area contributed by atoms with E-state index in [0.717, 1.165) is 17.7 Å². The number of ether oxygens (including phenoxy) is 1. The van der Waals surface area contributed by atoms with Crippen LogP contribution in [-0.4, -0.2) is 40.9 Å². The first-order valence-corrected chi connectivity index (χ1v) is 9.40. The van der Waals surface area contributed by atoms with E-state index in [4.69, 9.17) is 19.9 Å². The third kappa shape index (κ3) is 6.00. The van der Waals surface area contributed by atoms with Crippen LogP contribution in [0.4, 0.5) is 0 Å². The van der Waals surface area contributed by atoms with Gasteiger partial charge >= 0.3 is 5.97 Å². The van der Waals surface area contributed by atoms with Gasteiger partial charge in [-0.3, -0.25) is 4.55 Å². The molecule has 0 amide bonds. The molecule has 0 radical (unpaired) electrons. The molecule has 0 heterocycles. The summed E-state index contributed by atoms with van der Waals surface area (Å²) in [5.74, 6) is -2.56. The van der Waals surface area contributed by atoms with Crippen LogP contribution in [0.15, 0.2) is 41.8 Å². The lowest BCUT2D eigenvalue weighted by Crippen LogP contribution is -2.04. The molecule has 4 N–H and O–H groups in total. The summed E-state index contributed by atoms with van der Waals surface area (Å²) in [6, 6.07) is 5.47. The molecule has 0 saturated carbocycles. The standard InChI is InChI=1S/C10H10O5.C9H12O3S/c1-2-3-15-10(14)6-4-7(11)9(13)8(12)5-6;1-6-4-7(2)9(8(3)5-6)13(10,11)12/h2,4-5,11-13H,1,3H2;4-5H,1-3H3,(H,10,11,12). The van der Waals surface area contributed by atoms with Gasteiger partial charge in [0.05, 0.1) is 10.5 Å². The zero-order valence-electron chi connectivity index (χ0n) is 15.6.